The Labute approximate surface area is 155 Å². The van der Waals surface area contributed by atoms with E-state index in [0.717, 1.165) is 24.1 Å². The van der Waals surface area contributed by atoms with E-state index in [1.54, 1.807) is 12.1 Å². The van der Waals surface area contributed by atoms with Crippen LogP contribution < -0.4 is 11.3 Å². The summed E-state index contributed by atoms with van der Waals surface area (Å²) in [6.07, 6.45) is 2.38. The maximum absolute atomic E-state index is 13.0. The highest BCUT2D eigenvalue weighted by Gasteiger charge is 2.22. The summed E-state index contributed by atoms with van der Waals surface area (Å²) in [5.41, 5.74) is 7.99. The number of halogens is 1. The minimum absolute atomic E-state index is 0.0539. The molecule has 1 aromatic carbocycles. The Bertz CT molecular complexity index is 834. The Hall–Kier alpha value is -2.35. The molecule has 2 aromatic rings. The molecule has 0 radical (unpaired) electrons. The highest BCUT2D eigenvalue weighted by atomic mass is 32.2. The fourth-order valence-corrected chi connectivity index (χ4v) is 3.75. The molecule has 8 heteroatoms. The highest BCUT2D eigenvalue weighted by molar-refractivity contribution is 7.98. The van der Waals surface area contributed by atoms with E-state index in [-0.39, 0.29) is 23.8 Å². The van der Waals surface area contributed by atoms with Gasteiger partial charge in [0.15, 0.2) is 11.0 Å². The molecular weight excluding hydrogens is 355 g/mol. The summed E-state index contributed by atoms with van der Waals surface area (Å²) in [4.78, 5) is 16.4. The third kappa shape index (κ3) is 4.63. The van der Waals surface area contributed by atoms with Gasteiger partial charge in [-0.3, -0.25) is 4.79 Å². The van der Waals surface area contributed by atoms with Crippen LogP contribution in [-0.4, -0.2) is 20.6 Å². The normalized spacial score (nSPS) is 13.1. The van der Waals surface area contributed by atoms with Gasteiger partial charge in [-0.25, -0.2) is 4.39 Å². The number of fused-ring (bicyclic) bond motifs is 1. The Kier molecular flexibility index (Phi) is 7.20. The first kappa shape index (κ1) is 20.0. The summed E-state index contributed by atoms with van der Waals surface area (Å²) in [7, 11) is 0. The maximum atomic E-state index is 13.0. The number of hydrogen-bond donors (Lipinski definition) is 2. The molecule has 0 amide bonds. The zero-order valence-electron chi connectivity index (χ0n) is 14.9. The number of oxime groups is 1. The molecule has 3 rings (SSSR count). The molecule has 0 fully saturated rings. The molecule has 1 aliphatic rings. The van der Waals surface area contributed by atoms with Gasteiger partial charge in [0.05, 0.1) is 6.54 Å². The quantitative estimate of drug-likeness (QED) is 0.208. The van der Waals surface area contributed by atoms with Crippen LogP contribution in [0.1, 0.15) is 37.1 Å². The van der Waals surface area contributed by atoms with Crippen molar-refractivity contribution in [3.8, 4) is 0 Å². The van der Waals surface area contributed by atoms with E-state index < -0.39 is 0 Å². The van der Waals surface area contributed by atoms with Crippen molar-refractivity contribution in [1.82, 2.24) is 9.55 Å². The number of thioether (sulfide) groups is 1. The molecule has 0 atom stereocenters. The number of aromatic nitrogens is 2. The van der Waals surface area contributed by atoms with E-state index in [4.69, 9.17) is 10.9 Å². The minimum atomic E-state index is -0.289. The van der Waals surface area contributed by atoms with Crippen LogP contribution in [0.2, 0.25) is 0 Å². The van der Waals surface area contributed by atoms with E-state index >= 15 is 0 Å². The number of rotatable bonds is 5. The average Bonchev–Trinajstić information content (AvgIpc) is 3.16. The van der Waals surface area contributed by atoms with E-state index in [1.807, 2.05) is 18.4 Å². The van der Waals surface area contributed by atoms with Gasteiger partial charge in [-0.05, 0) is 37.0 Å². The van der Waals surface area contributed by atoms with Crippen LogP contribution in [0, 0.1) is 5.82 Å². The first-order valence-corrected chi connectivity index (χ1v) is 9.53. The van der Waals surface area contributed by atoms with Crippen molar-refractivity contribution in [3.05, 3.63) is 57.3 Å². The second-order valence-corrected chi connectivity index (χ2v) is 6.51. The molecule has 0 aliphatic heterocycles. The summed E-state index contributed by atoms with van der Waals surface area (Å²) in [6, 6.07) is 6.19. The molecule has 26 heavy (non-hydrogen) atoms. The third-order valence-electron chi connectivity index (χ3n) is 3.93. The Morgan fingerprint density at radius 1 is 1.35 bits per heavy atom. The molecule has 0 bridgehead atoms. The van der Waals surface area contributed by atoms with Crippen molar-refractivity contribution in [3.63, 3.8) is 0 Å². The summed E-state index contributed by atoms with van der Waals surface area (Å²) < 4.78 is 14.8. The summed E-state index contributed by atoms with van der Waals surface area (Å²) >= 11 is 1.38. The van der Waals surface area contributed by atoms with Crippen molar-refractivity contribution in [2.24, 2.45) is 10.9 Å². The molecular formula is C18H23FN4O2S. The SMILES string of the molecule is CC.N/C(Cn1c(SCc2ccc(F)cc2)nc(=O)c2c1CCC2)=N\O. The zero-order valence-corrected chi connectivity index (χ0v) is 15.7. The van der Waals surface area contributed by atoms with E-state index in [1.165, 1.54) is 23.9 Å². The lowest BCUT2D eigenvalue weighted by atomic mass is 10.2. The van der Waals surface area contributed by atoms with E-state index in [9.17, 15) is 9.18 Å². The second kappa shape index (κ2) is 9.38. The zero-order chi connectivity index (χ0) is 19.1. The Morgan fingerprint density at radius 3 is 2.69 bits per heavy atom. The van der Waals surface area contributed by atoms with Crippen molar-refractivity contribution in [1.29, 1.82) is 0 Å². The van der Waals surface area contributed by atoms with Crippen LogP contribution in [0.25, 0.3) is 0 Å². The van der Waals surface area contributed by atoms with E-state index in [0.29, 0.717) is 22.9 Å². The predicted molar refractivity (Wildman–Crippen MR) is 101 cm³/mol. The molecule has 140 valence electrons. The van der Waals surface area contributed by atoms with Crippen LogP contribution in [0.4, 0.5) is 4.39 Å². The summed E-state index contributed by atoms with van der Waals surface area (Å²) in [6.45, 7) is 4.18. The Balaban J connectivity index is 0.00000117. The second-order valence-electron chi connectivity index (χ2n) is 5.57. The highest BCUT2D eigenvalue weighted by Crippen LogP contribution is 2.26. The van der Waals surface area contributed by atoms with Gasteiger partial charge >= 0.3 is 0 Å². The molecule has 1 aliphatic carbocycles. The van der Waals surface area contributed by atoms with Crippen LogP contribution in [-0.2, 0) is 25.1 Å². The van der Waals surface area contributed by atoms with Crippen molar-refractivity contribution >= 4 is 17.6 Å². The summed E-state index contributed by atoms with van der Waals surface area (Å²) in [5, 5.41) is 12.4. The van der Waals surface area contributed by atoms with Gasteiger partial charge in [0.25, 0.3) is 5.56 Å². The van der Waals surface area contributed by atoms with Gasteiger partial charge in [0.1, 0.15) is 5.82 Å². The van der Waals surface area contributed by atoms with Crippen molar-refractivity contribution < 1.29 is 9.60 Å². The smallest absolute Gasteiger partial charge is 0.277 e. The molecule has 3 N–H and O–H groups in total. The molecule has 1 heterocycles. The van der Waals surface area contributed by atoms with Crippen molar-refractivity contribution in [2.75, 3.05) is 0 Å². The molecule has 0 saturated carbocycles. The van der Waals surface area contributed by atoms with Crippen LogP contribution >= 0.6 is 11.8 Å². The number of hydrogen-bond acceptors (Lipinski definition) is 5. The average molecular weight is 378 g/mol. The predicted octanol–water partition coefficient (Wildman–Crippen LogP) is 2.94. The molecule has 0 saturated heterocycles. The van der Waals surface area contributed by atoms with Gasteiger partial charge in [-0.1, -0.05) is 42.9 Å². The third-order valence-corrected chi connectivity index (χ3v) is 4.98. The first-order chi connectivity index (χ1) is 12.6. The monoisotopic (exact) mass is 378 g/mol. The molecule has 1 aromatic heterocycles. The molecule has 0 unspecified atom stereocenters. The van der Waals surface area contributed by atoms with E-state index in [2.05, 4.69) is 10.1 Å². The largest absolute Gasteiger partial charge is 0.409 e. The van der Waals surface area contributed by atoms with Gasteiger partial charge < -0.3 is 15.5 Å². The van der Waals surface area contributed by atoms with Crippen LogP contribution in [0.15, 0.2) is 39.4 Å². The fraction of sp³-hybridized carbons (Fsp3) is 0.389. The number of nitrogens with zero attached hydrogens (tertiary/aromatic N) is 3. The Morgan fingerprint density at radius 2 is 2.04 bits per heavy atom. The lowest BCUT2D eigenvalue weighted by Crippen LogP contribution is -2.27. The van der Waals surface area contributed by atoms with Gasteiger partial charge in [0.2, 0.25) is 0 Å². The topological polar surface area (TPSA) is 93.5 Å². The van der Waals surface area contributed by atoms with Crippen LogP contribution in [0.3, 0.4) is 0 Å². The lowest BCUT2D eigenvalue weighted by Gasteiger charge is -2.16. The van der Waals surface area contributed by atoms with Gasteiger partial charge in [-0.15, -0.1) is 0 Å². The van der Waals surface area contributed by atoms with Gasteiger partial charge in [-0.2, -0.15) is 4.98 Å². The molecule has 0 spiro atoms. The maximum Gasteiger partial charge on any atom is 0.277 e. The summed E-state index contributed by atoms with van der Waals surface area (Å²) in [5.74, 6) is 0.309. The van der Waals surface area contributed by atoms with Crippen molar-refractivity contribution in [2.45, 2.75) is 50.6 Å². The minimum Gasteiger partial charge on any atom is -0.409 e. The van der Waals surface area contributed by atoms with Crippen LogP contribution in [0.5, 0.6) is 0 Å². The first-order valence-electron chi connectivity index (χ1n) is 8.54. The fourth-order valence-electron chi connectivity index (χ4n) is 2.78. The molecule has 6 nitrogen and oxygen atoms in total. The number of amidine groups is 1. The lowest BCUT2D eigenvalue weighted by molar-refractivity contribution is 0.316. The van der Waals surface area contributed by atoms with Gasteiger partial charge in [0, 0.05) is 17.0 Å². The standard InChI is InChI=1S/C16H17FN4O2S.C2H6/c17-11-6-4-10(5-7-11)9-24-16-19-15(22)12-2-1-3-13(12)21(16)8-14(18)20-23;1-2/h4-7,23H,1-3,8-9H2,(H2,18,20);1-2H3. The number of nitrogens with two attached hydrogens (primary N) is 1. The number of benzene rings is 1.